The summed E-state index contributed by atoms with van der Waals surface area (Å²) in [5, 5.41) is 5.84. The number of hydrogen-bond acceptors (Lipinski definition) is 4. The number of halogens is 2. The number of amides is 1. The first-order valence-corrected chi connectivity index (χ1v) is 12.8. The Bertz CT molecular complexity index is 1390. The number of nitrogens with two attached hydrogens (primary N) is 1. The van der Waals surface area contributed by atoms with Gasteiger partial charge < -0.3 is 9.80 Å². The second kappa shape index (κ2) is 8.37. The highest BCUT2D eigenvalue weighted by Crippen LogP contribution is 2.39. The molecule has 176 valence electrons. The molecule has 1 atom stereocenters. The van der Waals surface area contributed by atoms with E-state index in [0.717, 1.165) is 16.8 Å². The van der Waals surface area contributed by atoms with Crippen LogP contribution in [-0.2, 0) is 21.2 Å². The molecule has 1 unspecified atom stereocenters. The second-order valence-corrected chi connectivity index (χ2v) is 10.8. The number of carbonyl (C=O) groups excluding carboxylic acids is 1. The second-order valence-electron chi connectivity index (χ2n) is 8.82. The summed E-state index contributed by atoms with van der Waals surface area (Å²) < 4.78 is 38.6. The van der Waals surface area contributed by atoms with E-state index in [9.17, 15) is 13.2 Å². The largest absolute Gasteiger partial charge is 0.370 e. The van der Waals surface area contributed by atoms with E-state index >= 15 is 4.39 Å². The van der Waals surface area contributed by atoms with Crippen molar-refractivity contribution in [3.8, 4) is 11.1 Å². The molecule has 1 amide bonds. The lowest BCUT2D eigenvalue weighted by Crippen LogP contribution is -2.56. The zero-order chi connectivity index (χ0) is 24.2. The minimum Gasteiger partial charge on any atom is -0.370 e. The zero-order valence-electron chi connectivity index (χ0n) is 18.4. The van der Waals surface area contributed by atoms with Gasteiger partial charge >= 0.3 is 0 Å². The predicted octanol–water partition coefficient (Wildman–Crippen LogP) is 4.21. The van der Waals surface area contributed by atoms with Crippen molar-refractivity contribution >= 4 is 38.9 Å². The normalized spacial score (nSPS) is 18.1. The van der Waals surface area contributed by atoms with E-state index in [0.29, 0.717) is 30.1 Å². The number of fused-ring (bicyclic) bond motifs is 1. The molecular formula is C25H23ClFN3O3S. The molecule has 3 aromatic rings. The smallest absolute Gasteiger partial charge is 0.241 e. The number of hydrogen-bond donors (Lipinski definition) is 1. The van der Waals surface area contributed by atoms with Crippen LogP contribution in [0.2, 0.25) is 5.02 Å². The summed E-state index contributed by atoms with van der Waals surface area (Å²) in [5.41, 5.74) is 3.59. The Labute approximate surface area is 202 Å². The molecule has 1 fully saturated rings. The van der Waals surface area contributed by atoms with Gasteiger partial charge in [0.25, 0.3) is 0 Å². The zero-order valence-corrected chi connectivity index (χ0v) is 20.0. The van der Waals surface area contributed by atoms with Gasteiger partial charge in [-0.2, -0.15) is 0 Å². The fraction of sp³-hybridized carbons (Fsp3) is 0.240. The highest BCUT2D eigenvalue weighted by Gasteiger charge is 2.42. The minimum absolute atomic E-state index is 0.0339. The molecule has 6 nitrogen and oxygen atoms in total. The van der Waals surface area contributed by atoms with Gasteiger partial charge in [0.2, 0.25) is 15.9 Å². The molecule has 34 heavy (non-hydrogen) atoms. The van der Waals surface area contributed by atoms with Crippen LogP contribution in [0.25, 0.3) is 11.1 Å². The third-order valence-electron chi connectivity index (χ3n) is 6.55. The fourth-order valence-corrected chi connectivity index (χ4v) is 5.63. The van der Waals surface area contributed by atoms with Crippen molar-refractivity contribution in [2.24, 2.45) is 11.1 Å². The molecule has 2 N–H and O–H groups in total. The number of rotatable bonds is 4. The van der Waals surface area contributed by atoms with Gasteiger partial charge in [0, 0.05) is 35.4 Å². The van der Waals surface area contributed by atoms with Crippen molar-refractivity contribution in [1.82, 2.24) is 0 Å². The van der Waals surface area contributed by atoms with Crippen LogP contribution >= 0.6 is 11.6 Å². The van der Waals surface area contributed by atoms with E-state index in [4.69, 9.17) is 16.7 Å². The molecule has 2 aliphatic heterocycles. The third kappa shape index (κ3) is 3.85. The van der Waals surface area contributed by atoms with Gasteiger partial charge in [-0.15, -0.1) is 0 Å². The summed E-state index contributed by atoms with van der Waals surface area (Å²) >= 11 is 6.29. The summed E-state index contributed by atoms with van der Waals surface area (Å²) in [6.07, 6.45) is 0.461. The molecule has 0 aromatic heterocycles. The van der Waals surface area contributed by atoms with Crippen LogP contribution in [0.4, 0.5) is 15.8 Å². The first-order valence-electron chi connectivity index (χ1n) is 10.9. The molecule has 5 rings (SSSR count). The summed E-state index contributed by atoms with van der Waals surface area (Å²) in [6, 6.07) is 18.0. The van der Waals surface area contributed by atoms with Crippen molar-refractivity contribution < 1.29 is 17.6 Å². The van der Waals surface area contributed by atoms with Gasteiger partial charge in [0.05, 0.1) is 11.6 Å². The van der Waals surface area contributed by atoms with Crippen LogP contribution in [-0.4, -0.2) is 33.5 Å². The lowest BCUT2D eigenvalue weighted by molar-refractivity contribution is -0.123. The van der Waals surface area contributed by atoms with Crippen molar-refractivity contribution in [1.29, 1.82) is 0 Å². The Hall–Kier alpha value is -2.94. The summed E-state index contributed by atoms with van der Waals surface area (Å²) in [6.45, 7) is 2.83. The molecule has 0 saturated carbocycles. The number of benzene rings is 3. The summed E-state index contributed by atoms with van der Waals surface area (Å²) in [5.74, 6) is -1.47. The molecule has 0 spiro atoms. The van der Waals surface area contributed by atoms with Crippen molar-refractivity contribution in [3.05, 3.63) is 77.1 Å². The number of carbonyl (C=O) groups is 1. The Kier molecular flexibility index (Phi) is 5.62. The Balaban J connectivity index is 1.32. The van der Waals surface area contributed by atoms with Crippen LogP contribution in [0.15, 0.2) is 65.6 Å². The number of sulfonamides is 1. The van der Waals surface area contributed by atoms with E-state index in [1.165, 1.54) is 17.0 Å². The molecular weight excluding hydrogens is 477 g/mol. The molecule has 0 aliphatic carbocycles. The average Bonchev–Trinajstić information content (AvgIpc) is 3.09. The number of nitrogens with zero attached hydrogens (tertiary/aromatic N) is 2. The van der Waals surface area contributed by atoms with E-state index < -0.39 is 20.7 Å². The van der Waals surface area contributed by atoms with E-state index in [2.05, 4.69) is 4.90 Å². The lowest BCUT2D eigenvalue weighted by Gasteiger charge is -2.42. The van der Waals surface area contributed by atoms with E-state index in [-0.39, 0.29) is 23.6 Å². The maximum absolute atomic E-state index is 15.1. The Morgan fingerprint density at radius 2 is 1.74 bits per heavy atom. The highest BCUT2D eigenvalue weighted by molar-refractivity contribution is 7.89. The number of anilines is 2. The molecule has 2 heterocycles. The molecule has 3 aromatic carbocycles. The Morgan fingerprint density at radius 3 is 2.38 bits per heavy atom. The third-order valence-corrected chi connectivity index (χ3v) is 7.81. The predicted molar refractivity (Wildman–Crippen MR) is 131 cm³/mol. The van der Waals surface area contributed by atoms with Crippen molar-refractivity contribution in [2.45, 2.75) is 24.3 Å². The van der Waals surface area contributed by atoms with Gasteiger partial charge in [-0.05, 0) is 48.7 Å². The fourth-order valence-electron chi connectivity index (χ4n) is 4.78. The Morgan fingerprint density at radius 1 is 1.06 bits per heavy atom. The summed E-state index contributed by atoms with van der Waals surface area (Å²) in [4.78, 5) is 16.2. The number of primary sulfonamides is 1. The van der Waals surface area contributed by atoms with Crippen LogP contribution in [0.5, 0.6) is 0 Å². The minimum atomic E-state index is -4.23. The summed E-state index contributed by atoms with van der Waals surface area (Å²) in [7, 11) is -4.23. The van der Waals surface area contributed by atoms with E-state index in [1.807, 2.05) is 55.5 Å². The highest BCUT2D eigenvalue weighted by atomic mass is 35.5. The van der Waals surface area contributed by atoms with Crippen LogP contribution in [0.3, 0.4) is 0 Å². The maximum atomic E-state index is 15.1. The SMILES string of the molecule is CC1Cc2ccc(S(N)(=O)=O)c(F)c2N1C(=O)C1CN(c2ccc(-c3ccccc3Cl)cc2)C1. The molecule has 2 aliphatic rings. The van der Waals surface area contributed by atoms with Gasteiger partial charge in [0.1, 0.15) is 4.90 Å². The van der Waals surface area contributed by atoms with Crippen molar-refractivity contribution in [2.75, 3.05) is 22.9 Å². The standard InChI is InChI=1S/C25H23ClFN3O3S/c1-15-12-17-8-11-22(34(28,32)33)23(27)24(17)30(15)25(31)18-13-29(14-18)19-9-6-16(7-10-19)20-4-2-3-5-21(20)26/h2-11,15,18H,12-14H2,1H3,(H2,28,32,33). The van der Waals surface area contributed by atoms with Crippen LogP contribution in [0, 0.1) is 11.7 Å². The maximum Gasteiger partial charge on any atom is 0.241 e. The van der Waals surface area contributed by atoms with Gasteiger partial charge in [0.15, 0.2) is 5.82 Å². The quantitative estimate of drug-likeness (QED) is 0.583. The van der Waals surface area contributed by atoms with Gasteiger partial charge in [-0.25, -0.2) is 17.9 Å². The topological polar surface area (TPSA) is 83.7 Å². The lowest BCUT2D eigenvalue weighted by atomic mass is 9.96. The first-order chi connectivity index (χ1) is 16.1. The van der Waals surface area contributed by atoms with Crippen molar-refractivity contribution in [3.63, 3.8) is 0 Å². The molecule has 1 saturated heterocycles. The average molecular weight is 500 g/mol. The van der Waals surface area contributed by atoms with Crippen LogP contribution in [0.1, 0.15) is 12.5 Å². The first kappa shape index (κ1) is 22.8. The van der Waals surface area contributed by atoms with Gasteiger partial charge in [-0.3, -0.25) is 4.79 Å². The molecule has 0 bridgehead atoms. The molecule has 0 radical (unpaired) electrons. The van der Waals surface area contributed by atoms with E-state index in [1.54, 1.807) is 0 Å². The monoisotopic (exact) mass is 499 g/mol. The molecule has 9 heteroatoms. The van der Waals surface area contributed by atoms with Crippen LogP contribution < -0.4 is 14.9 Å². The van der Waals surface area contributed by atoms with Gasteiger partial charge in [-0.1, -0.05) is 48.0 Å².